The summed E-state index contributed by atoms with van der Waals surface area (Å²) in [6, 6.07) is 8.07. The SMILES string of the molecule is CCN(C(=O)CN)C(C)Cc1ccc(OC)cc1. The molecule has 2 N–H and O–H groups in total. The largest absolute Gasteiger partial charge is 0.497 e. The van der Waals surface area contributed by atoms with E-state index in [1.54, 1.807) is 7.11 Å². The van der Waals surface area contributed by atoms with E-state index in [4.69, 9.17) is 10.5 Å². The molecule has 4 heteroatoms. The van der Waals surface area contributed by atoms with Gasteiger partial charge in [0.2, 0.25) is 5.91 Å². The summed E-state index contributed by atoms with van der Waals surface area (Å²) in [6.07, 6.45) is 0.823. The van der Waals surface area contributed by atoms with Crippen LogP contribution in [0.5, 0.6) is 5.75 Å². The average molecular weight is 250 g/mol. The number of methoxy groups -OCH3 is 1. The van der Waals surface area contributed by atoms with Crippen molar-refractivity contribution >= 4 is 5.91 Å². The molecule has 0 saturated carbocycles. The average Bonchev–Trinajstić information content (AvgIpc) is 2.40. The molecule has 1 aromatic carbocycles. The summed E-state index contributed by atoms with van der Waals surface area (Å²) in [5.41, 5.74) is 6.60. The Hall–Kier alpha value is -1.55. The van der Waals surface area contributed by atoms with Crippen LogP contribution in [0.25, 0.3) is 0 Å². The number of benzene rings is 1. The number of rotatable bonds is 6. The summed E-state index contributed by atoms with van der Waals surface area (Å²) in [6.45, 7) is 4.77. The molecule has 1 atom stereocenters. The van der Waals surface area contributed by atoms with E-state index in [-0.39, 0.29) is 18.5 Å². The molecule has 100 valence electrons. The van der Waals surface area contributed by atoms with Gasteiger partial charge in [0.1, 0.15) is 5.75 Å². The quantitative estimate of drug-likeness (QED) is 0.831. The predicted octanol–water partition coefficient (Wildman–Crippen LogP) is 1.43. The van der Waals surface area contributed by atoms with Crippen molar-refractivity contribution < 1.29 is 9.53 Å². The van der Waals surface area contributed by atoms with Crippen LogP contribution in [0.3, 0.4) is 0 Å². The van der Waals surface area contributed by atoms with Gasteiger partial charge in [-0.05, 0) is 38.0 Å². The van der Waals surface area contributed by atoms with Gasteiger partial charge in [-0.1, -0.05) is 12.1 Å². The fourth-order valence-electron chi connectivity index (χ4n) is 2.06. The van der Waals surface area contributed by atoms with Crippen LogP contribution in [0, 0.1) is 0 Å². The van der Waals surface area contributed by atoms with Crippen molar-refractivity contribution in [3.8, 4) is 5.75 Å². The Labute approximate surface area is 109 Å². The van der Waals surface area contributed by atoms with Crippen LogP contribution >= 0.6 is 0 Å². The Balaban J connectivity index is 2.66. The molecule has 0 heterocycles. The predicted molar refractivity (Wildman–Crippen MR) is 72.6 cm³/mol. The third kappa shape index (κ3) is 3.74. The van der Waals surface area contributed by atoms with Crippen molar-refractivity contribution in [3.63, 3.8) is 0 Å². The summed E-state index contributed by atoms with van der Waals surface area (Å²) in [4.78, 5) is 13.5. The van der Waals surface area contributed by atoms with E-state index in [0.29, 0.717) is 6.54 Å². The van der Waals surface area contributed by atoms with Gasteiger partial charge in [0, 0.05) is 12.6 Å². The highest BCUT2D eigenvalue weighted by molar-refractivity contribution is 5.78. The van der Waals surface area contributed by atoms with Crippen LogP contribution in [0.1, 0.15) is 19.4 Å². The maximum atomic E-state index is 11.7. The Kier molecular flexibility index (Phi) is 5.65. The highest BCUT2D eigenvalue weighted by atomic mass is 16.5. The van der Waals surface area contributed by atoms with Crippen molar-refractivity contribution in [3.05, 3.63) is 29.8 Å². The van der Waals surface area contributed by atoms with E-state index in [1.807, 2.05) is 43.0 Å². The second-order valence-electron chi connectivity index (χ2n) is 4.29. The Morgan fingerprint density at radius 1 is 1.39 bits per heavy atom. The van der Waals surface area contributed by atoms with Gasteiger partial charge >= 0.3 is 0 Å². The summed E-state index contributed by atoms with van der Waals surface area (Å²) < 4.78 is 5.12. The lowest BCUT2D eigenvalue weighted by atomic mass is 10.1. The van der Waals surface area contributed by atoms with Gasteiger partial charge in [0.05, 0.1) is 13.7 Å². The Morgan fingerprint density at radius 3 is 2.44 bits per heavy atom. The van der Waals surface area contributed by atoms with Crippen LogP contribution in [-0.4, -0.2) is 37.0 Å². The van der Waals surface area contributed by atoms with E-state index < -0.39 is 0 Å². The molecule has 0 aliphatic heterocycles. The fourth-order valence-corrected chi connectivity index (χ4v) is 2.06. The number of likely N-dealkylation sites (N-methyl/N-ethyl adjacent to an activating group) is 1. The Bertz CT molecular complexity index is 376. The summed E-state index contributed by atoms with van der Waals surface area (Å²) in [5, 5.41) is 0. The van der Waals surface area contributed by atoms with Gasteiger partial charge in [-0.25, -0.2) is 0 Å². The maximum Gasteiger partial charge on any atom is 0.236 e. The number of carbonyl (C=O) groups is 1. The number of nitrogens with two attached hydrogens (primary N) is 1. The van der Waals surface area contributed by atoms with Crippen LogP contribution in [0.4, 0.5) is 0 Å². The monoisotopic (exact) mass is 250 g/mol. The number of amides is 1. The zero-order valence-electron chi connectivity index (χ0n) is 11.3. The highest BCUT2D eigenvalue weighted by Crippen LogP contribution is 2.14. The molecule has 0 spiro atoms. The second kappa shape index (κ2) is 7.01. The topological polar surface area (TPSA) is 55.6 Å². The van der Waals surface area contributed by atoms with Gasteiger partial charge in [-0.15, -0.1) is 0 Å². The molecule has 1 amide bonds. The maximum absolute atomic E-state index is 11.7. The summed E-state index contributed by atoms with van der Waals surface area (Å²) in [7, 11) is 1.65. The first kappa shape index (κ1) is 14.5. The molecule has 0 fully saturated rings. The number of carbonyl (C=O) groups excluding carboxylic acids is 1. The van der Waals surface area contributed by atoms with Gasteiger partial charge in [0.25, 0.3) is 0 Å². The summed E-state index contributed by atoms with van der Waals surface area (Å²) in [5.74, 6) is 0.843. The molecule has 0 radical (unpaired) electrons. The van der Waals surface area contributed by atoms with E-state index >= 15 is 0 Å². The third-order valence-electron chi connectivity index (χ3n) is 3.06. The lowest BCUT2D eigenvalue weighted by Gasteiger charge is -2.27. The van der Waals surface area contributed by atoms with Gasteiger partial charge < -0.3 is 15.4 Å². The molecule has 1 unspecified atom stereocenters. The van der Waals surface area contributed by atoms with E-state index in [0.717, 1.165) is 12.2 Å². The van der Waals surface area contributed by atoms with Crippen molar-refractivity contribution in [2.75, 3.05) is 20.2 Å². The minimum absolute atomic E-state index is 0.00138. The van der Waals surface area contributed by atoms with Crippen molar-refractivity contribution in [2.24, 2.45) is 5.73 Å². The molecule has 4 nitrogen and oxygen atoms in total. The lowest BCUT2D eigenvalue weighted by molar-refractivity contribution is -0.131. The van der Waals surface area contributed by atoms with Crippen LogP contribution in [-0.2, 0) is 11.2 Å². The number of nitrogens with zero attached hydrogens (tertiary/aromatic N) is 1. The second-order valence-corrected chi connectivity index (χ2v) is 4.29. The molecule has 0 saturated heterocycles. The molecule has 0 aromatic heterocycles. The van der Waals surface area contributed by atoms with Crippen LogP contribution in [0.2, 0.25) is 0 Å². The van der Waals surface area contributed by atoms with Gasteiger partial charge in [-0.2, -0.15) is 0 Å². The zero-order valence-corrected chi connectivity index (χ0v) is 11.3. The van der Waals surface area contributed by atoms with Crippen molar-refractivity contribution in [1.29, 1.82) is 0 Å². The first-order valence-electron chi connectivity index (χ1n) is 6.24. The van der Waals surface area contributed by atoms with Crippen LogP contribution in [0.15, 0.2) is 24.3 Å². The standard InChI is InChI=1S/C14H22N2O2/c1-4-16(14(17)10-15)11(2)9-12-5-7-13(18-3)8-6-12/h5-8,11H,4,9-10,15H2,1-3H3. The van der Waals surface area contributed by atoms with E-state index in [2.05, 4.69) is 0 Å². The van der Waals surface area contributed by atoms with E-state index in [1.165, 1.54) is 5.56 Å². The minimum Gasteiger partial charge on any atom is -0.497 e. The minimum atomic E-state index is -0.00138. The first-order valence-corrected chi connectivity index (χ1v) is 6.24. The summed E-state index contributed by atoms with van der Waals surface area (Å²) >= 11 is 0. The molecule has 0 aliphatic rings. The number of hydrogen-bond donors (Lipinski definition) is 1. The third-order valence-corrected chi connectivity index (χ3v) is 3.06. The number of hydrogen-bond acceptors (Lipinski definition) is 3. The fraction of sp³-hybridized carbons (Fsp3) is 0.500. The molecule has 0 aliphatic carbocycles. The van der Waals surface area contributed by atoms with Gasteiger partial charge in [0.15, 0.2) is 0 Å². The number of ether oxygens (including phenoxy) is 1. The van der Waals surface area contributed by atoms with Crippen molar-refractivity contribution in [1.82, 2.24) is 4.90 Å². The molecular formula is C14H22N2O2. The Morgan fingerprint density at radius 2 is 2.00 bits per heavy atom. The lowest BCUT2D eigenvalue weighted by Crippen LogP contribution is -2.42. The van der Waals surface area contributed by atoms with Gasteiger partial charge in [-0.3, -0.25) is 4.79 Å². The smallest absolute Gasteiger partial charge is 0.236 e. The van der Waals surface area contributed by atoms with Crippen molar-refractivity contribution in [2.45, 2.75) is 26.3 Å². The molecule has 1 rings (SSSR count). The normalized spacial score (nSPS) is 12.0. The highest BCUT2D eigenvalue weighted by Gasteiger charge is 2.17. The first-order chi connectivity index (χ1) is 8.62. The molecule has 0 bridgehead atoms. The molecular weight excluding hydrogens is 228 g/mol. The van der Waals surface area contributed by atoms with E-state index in [9.17, 15) is 4.79 Å². The van der Waals surface area contributed by atoms with Crippen LogP contribution < -0.4 is 10.5 Å². The zero-order chi connectivity index (χ0) is 13.5. The molecule has 1 aromatic rings. The molecule has 18 heavy (non-hydrogen) atoms.